The molecule has 0 radical (unpaired) electrons. The van der Waals surface area contributed by atoms with E-state index in [4.69, 9.17) is 5.11 Å². The third-order valence-corrected chi connectivity index (χ3v) is 3.96. The Bertz CT molecular complexity index is 861. The number of amides is 1. The summed E-state index contributed by atoms with van der Waals surface area (Å²) >= 11 is 0. The van der Waals surface area contributed by atoms with Gasteiger partial charge in [0, 0.05) is 19.7 Å². The van der Waals surface area contributed by atoms with Crippen LogP contribution in [0.3, 0.4) is 0 Å². The molecule has 0 saturated carbocycles. The topological polar surface area (TPSA) is 77.8 Å². The summed E-state index contributed by atoms with van der Waals surface area (Å²) in [5.74, 6) is -1.90. The Hall–Kier alpha value is -2.99. The van der Waals surface area contributed by atoms with Crippen LogP contribution in [-0.4, -0.2) is 41.1 Å². The second-order valence-electron chi connectivity index (χ2n) is 6.05. The largest absolute Gasteiger partial charge is 0.481 e. The minimum atomic E-state index is -1.06. The van der Waals surface area contributed by atoms with E-state index >= 15 is 0 Å². The molecule has 0 heterocycles. The van der Waals surface area contributed by atoms with Crippen LogP contribution in [0.25, 0.3) is 11.1 Å². The van der Waals surface area contributed by atoms with E-state index in [2.05, 4.69) is 6.58 Å². The van der Waals surface area contributed by atoms with E-state index in [1.165, 1.54) is 41.3 Å². The van der Waals surface area contributed by atoms with Gasteiger partial charge in [0.15, 0.2) is 0 Å². The molecule has 1 atom stereocenters. The van der Waals surface area contributed by atoms with Crippen molar-refractivity contribution in [1.29, 1.82) is 0 Å². The minimum Gasteiger partial charge on any atom is -0.481 e. The Kier molecular flexibility index (Phi) is 5.90. The van der Waals surface area contributed by atoms with Gasteiger partial charge in [0.25, 0.3) is 5.91 Å². The molecule has 2 rings (SSSR count). The molecule has 0 aliphatic rings. The lowest BCUT2D eigenvalue weighted by Gasteiger charge is -2.17. The first kappa shape index (κ1) is 19.3. The average Bonchev–Trinajstić information content (AvgIpc) is 2.60. The van der Waals surface area contributed by atoms with Crippen LogP contribution in [-0.2, 0) is 11.2 Å². The van der Waals surface area contributed by atoms with E-state index in [-0.39, 0.29) is 17.9 Å². The molecular weight excluding hydrogens is 337 g/mol. The zero-order valence-corrected chi connectivity index (χ0v) is 14.6. The summed E-state index contributed by atoms with van der Waals surface area (Å²) in [6.45, 7) is 3.54. The van der Waals surface area contributed by atoms with Crippen LogP contribution in [0.5, 0.6) is 0 Å². The van der Waals surface area contributed by atoms with Crippen molar-refractivity contribution < 1.29 is 24.2 Å². The first-order valence-corrected chi connectivity index (χ1v) is 7.91. The highest BCUT2D eigenvalue weighted by atomic mass is 19.1. The Labute approximate surface area is 151 Å². The van der Waals surface area contributed by atoms with Crippen molar-refractivity contribution in [1.82, 2.24) is 4.90 Å². The van der Waals surface area contributed by atoms with Gasteiger partial charge in [-0.15, -0.1) is 6.58 Å². The van der Waals surface area contributed by atoms with Gasteiger partial charge in [0.05, 0.1) is 12.5 Å². The second-order valence-corrected chi connectivity index (χ2v) is 6.05. The first-order valence-electron chi connectivity index (χ1n) is 7.91. The lowest BCUT2D eigenvalue weighted by atomic mass is 9.92. The fraction of sp³-hybridized carbons (Fsp3) is 0.200. The molecule has 0 aromatic heterocycles. The van der Waals surface area contributed by atoms with E-state index in [9.17, 15) is 19.1 Å². The van der Waals surface area contributed by atoms with Crippen molar-refractivity contribution in [2.75, 3.05) is 14.1 Å². The zero-order valence-electron chi connectivity index (χ0n) is 14.6. The number of carboxylic acid groups (broad SMARTS) is 1. The molecule has 1 amide bonds. The van der Waals surface area contributed by atoms with Gasteiger partial charge in [0.1, 0.15) is 5.82 Å². The first-order chi connectivity index (χ1) is 12.2. The summed E-state index contributed by atoms with van der Waals surface area (Å²) in [5, 5.41) is 19.2. The number of carbonyl (C=O) groups is 2. The monoisotopic (exact) mass is 357 g/mol. The number of halogens is 1. The highest BCUT2D eigenvalue weighted by Crippen LogP contribution is 2.31. The maximum absolute atomic E-state index is 13.8. The predicted octanol–water partition coefficient (Wildman–Crippen LogP) is 3.04. The molecular formula is C20H20FNO4. The molecule has 1 unspecified atom stereocenters. The number of carbonyl (C=O) groups excluding carboxylic acids is 1. The Balaban J connectivity index is 2.66. The van der Waals surface area contributed by atoms with E-state index in [1.54, 1.807) is 20.2 Å². The van der Waals surface area contributed by atoms with Crippen molar-refractivity contribution in [3.63, 3.8) is 0 Å². The van der Waals surface area contributed by atoms with Crippen LogP contribution in [0.15, 0.2) is 49.1 Å². The van der Waals surface area contributed by atoms with Crippen molar-refractivity contribution in [2.24, 2.45) is 0 Å². The molecule has 0 bridgehead atoms. The van der Waals surface area contributed by atoms with Gasteiger partial charge in [-0.1, -0.05) is 24.3 Å². The fourth-order valence-electron chi connectivity index (χ4n) is 2.66. The quantitative estimate of drug-likeness (QED) is 0.779. The molecule has 5 nitrogen and oxygen atoms in total. The number of aliphatic hydroxyl groups is 1. The van der Waals surface area contributed by atoms with Crippen molar-refractivity contribution >= 4 is 11.9 Å². The van der Waals surface area contributed by atoms with Crippen LogP contribution in [0.1, 0.15) is 27.6 Å². The Morgan fingerprint density at radius 1 is 1.23 bits per heavy atom. The third-order valence-electron chi connectivity index (χ3n) is 3.96. The maximum Gasteiger partial charge on any atom is 0.307 e. The highest BCUT2D eigenvalue weighted by Gasteiger charge is 2.19. The molecule has 136 valence electrons. The van der Waals surface area contributed by atoms with Crippen molar-refractivity contribution in [3.8, 4) is 11.1 Å². The normalized spacial score (nSPS) is 11.7. The van der Waals surface area contributed by atoms with Gasteiger partial charge in [-0.2, -0.15) is 0 Å². The molecule has 2 aromatic carbocycles. The SMILES string of the molecule is C=CC(O)c1ccc(F)cc1-c1ccc(CC(=O)O)c(C(=O)N(C)C)c1. The number of hydrogen-bond donors (Lipinski definition) is 2. The number of aliphatic carboxylic acids is 1. The molecule has 0 aliphatic heterocycles. The predicted molar refractivity (Wildman–Crippen MR) is 96.4 cm³/mol. The average molecular weight is 357 g/mol. The summed E-state index contributed by atoms with van der Waals surface area (Å²) in [4.78, 5) is 24.9. The number of rotatable bonds is 6. The second kappa shape index (κ2) is 7.93. The molecule has 2 aromatic rings. The van der Waals surface area contributed by atoms with E-state index in [0.29, 0.717) is 22.3 Å². The molecule has 26 heavy (non-hydrogen) atoms. The smallest absolute Gasteiger partial charge is 0.307 e. The van der Waals surface area contributed by atoms with Crippen LogP contribution in [0, 0.1) is 5.82 Å². The van der Waals surface area contributed by atoms with E-state index < -0.39 is 17.9 Å². The zero-order chi connectivity index (χ0) is 19.4. The molecule has 2 N–H and O–H groups in total. The van der Waals surface area contributed by atoms with E-state index in [1.807, 2.05) is 0 Å². The van der Waals surface area contributed by atoms with Crippen LogP contribution < -0.4 is 0 Å². The Morgan fingerprint density at radius 2 is 1.92 bits per heavy atom. The summed E-state index contributed by atoms with van der Waals surface area (Å²) < 4.78 is 13.8. The number of carboxylic acids is 1. The number of nitrogens with zero attached hydrogens (tertiary/aromatic N) is 1. The number of hydrogen-bond acceptors (Lipinski definition) is 3. The van der Waals surface area contributed by atoms with Crippen molar-refractivity contribution in [2.45, 2.75) is 12.5 Å². The van der Waals surface area contributed by atoms with Gasteiger partial charge in [0.2, 0.25) is 0 Å². The van der Waals surface area contributed by atoms with Gasteiger partial charge >= 0.3 is 5.97 Å². The van der Waals surface area contributed by atoms with Gasteiger partial charge < -0.3 is 15.1 Å². The van der Waals surface area contributed by atoms with Crippen molar-refractivity contribution in [3.05, 3.63) is 71.6 Å². The third kappa shape index (κ3) is 4.15. The minimum absolute atomic E-state index is 0.221. The Morgan fingerprint density at radius 3 is 2.50 bits per heavy atom. The van der Waals surface area contributed by atoms with Gasteiger partial charge in [-0.3, -0.25) is 9.59 Å². The highest BCUT2D eigenvalue weighted by molar-refractivity contribution is 5.97. The summed E-state index contributed by atoms with van der Waals surface area (Å²) in [6.07, 6.45) is 0.0133. The molecule has 0 saturated heterocycles. The van der Waals surface area contributed by atoms with E-state index in [0.717, 1.165) is 0 Å². The lowest BCUT2D eigenvalue weighted by molar-refractivity contribution is -0.136. The summed E-state index contributed by atoms with van der Waals surface area (Å²) in [5.41, 5.74) is 1.93. The lowest BCUT2D eigenvalue weighted by Crippen LogP contribution is -2.23. The standard InChI is InChI=1S/C20H20FNO4/c1-4-18(23)15-8-7-14(21)11-16(15)12-5-6-13(10-19(24)25)17(9-12)20(26)22(2)3/h4-9,11,18,23H,1,10H2,2-3H3,(H,24,25). The van der Waals surface area contributed by atoms with Crippen LogP contribution in [0.2, 0.25) is 0 Å². The van der Waals surface area contributed by atoms with Gasteiger partial charge in [-0.25, -0.2) is 4.39 Å². The molecule has 6 heteroatoms. The fourth-order valence-corrected chi connectivity index (χ4v) is 2.66. The van der Waals surface area contributed by atoms with Crippen LogP contribution >= 0.6 is 0 Å². The summed E-state index contributed by atoms with van der Waals surface area (Å²) in [6, 6.07) is 8.62. The van der Waals surface area contributed by atoms with Crippen LogP contribution in [0.4, 0.5) is 4.39 Å². The summed E-state index contributed by atoms with van der Waals surface area (Å²) in [7, 11) is 3.13. The maximum atomic E-state index is 13.8. The number of benzene rings is 2. The molecule has 0 aliphatic carbocycles. The van der Waals surface area contributed by atoms with Gasteiger partial charge in [-0.05, 0) is 40.5 Å². The molecule has 0 spiro atoms. The molecule has 0 fully saturated rings. The number of aliphatic hydroxyl groups excluding tert-OH is 1.